The lowest BCUT2D eigenvalue weighted by Crippen LogP contribution is -2.33. The minimum Gasteiger partial charge on any atom is -0.294 e. The number of nitrogens with zero attached hydrogens (tertiary/aromatic N) is 5. The molecule has 2 N–H and O–H groups in total. The highest BCUT2D eigenvalue weighted by Gasteiger charge is 2.39. The fraction of sp³-hybridized carbons (Fsp3) is 0.333. The molecular formula is C12H12N6O3S. The number of nitriles is 1. The maximum atomic E-state index is 12.2. The van der Waals surface area contributed by atoms with Crippen LogP contribution >= 0.6 is 0 Å². The average Bonchev–Trinajstić information content (AvgIpc) is 2.99. The van der Waals surface area contributed by atoms with Crippen LogP contribution in [-0.4, -0.2) is 40.7 Å². The first-order chi connectivity index (χ1) is 10.3. The number of carbonyl (C=O) groups is 1. The van der Waals surface area contributed by atoms with Crippen molar-refractivity contribution in [3.05, 3.63) is 23.5 Å². The molecule has 9 nitrogen and oxygen atoms in total. The molecular weight excluding hydrogens is 308 g/mol. The molecule has 3 rings (SSSR count). The predicted octanol–water partition coefficient (Wildman–Crippen LogP) is -0.697. The highest BCUT2D eigenvalue weighted by molar-refractivity contribution is 7.89. The van der Waals surface area contributed by atoms with Crippen LogP contribution in [0.5, 0.6) is 0 Å². The second-order valence-electron chi connectivity index (χ2n) is 5.08. The highest BCUT2D eigenvalue weighted by atomic mass is 32.2. The summed E-state index contributed by atoms with van der Waals surface area (Å²) in [7, 11) is -3.83. The summed E-state index contributed by atoms with van der Waals surface area (Å²) in [6.07, 6.45) is 1.12. The lowest BCUT2D eigenvalue weighted by atomic mass is 10.3. The fourth-order valence-corrected chi connectivity index (χ4v) is 3.21. The largest absolute Gasteiger partial charge is 0.294 e. The minimum absolute atomic E-state index is 0.107. The van der Waals surface area contributed by atoms with Crippen LogP contribution < -0.4 is 10.0 Å². The first kappa shape index (κ1) is 14.4. The zero-order valence-electron chi connectivity index (χ0n) is 11.6. The van der Waals surface area contributed by atoms with Crippen LogP contribution in [0.25, 0.3) is 5.65 Å². The first-order valence-electron chi connectivity index (χ1n) is 6.38. The summed E-state index contributed by atoms with van der Waals surface area (Å²) in [5.74, 6) is -0.201. The van der Waals surface area contributed by atoms with Crippen molar-refractivity contribution in [2.24, 2.45) is 5.14 Å². The molecule has 1 saturated heterocycles. The third kappa shape index (κ3) is 2.20. The molecule has 1 aliphatic heterocycles. The predicted molar refractivity (Wildman–Crippen MR) is 76.3 cm³/mol. The number of nitrogens with two attached hydrogens (primary N) is 1. The van der Waals surface area contributed by atoms with Crippen LogP contribution in [0, 0.1) is 18.3 Å². The summed E-state index contributed by atoms with van der Waals surface area (Å²) in [6, 6.07) is 3.65. The molecule has 1 amide bonds. The van der Waals surface area contributed by atoms with Gasteiger partial charge in [0.2, 0.25) is 15.9 Å². The third-order valence-electron chi connectivity index (χ3n) is 3.51. The lowest BCUT2D eigenvalue weighted by molar-refractivity contribution is -0.117. The maximum Gasteiger partial charge on any atom is 0.229 e. The summed E-state index contributed by atoms with van der Waals surface area (Å²) >= 11 is 0. The number of sulfonamides is 1. The van der Waals surface area contributed by atoms with Crippen molar-refractivity contribution in [3.8, 4) is 6.07 Å². The quantitative estimate of drug-likeness (QED) is 0.777. The van der Waals surface area contributed by atoms with E-state index in [4.69, 9.17) is 5.14 Å². The first-order valence-corrected chi connectivity index (χ1v) is 7.99. The molecule has 0 saturated carbocycles. The Morgan fingerprint density at radius 1 is 1.50 bits per heavy atom. The van der Waals surface area contributed by atoms with Crippen molar-refractivity contribution in [3.63, 3.8) is 0 Å². The number of fused-ring (bicyclic) bond motifs is 1. The van der Waals surface area contributed by atoms with E-state index in [9.17, 15) is 18.5 Å². The molecule has 0 radical (unpaired) electrons. The van der Waals surface area contributed by atoms with Gasteiger partial charge in [-0.3, -0.25) is 9.69 Å². The minimum atomic E-state index is -3.83. The summed E-state index contributed by atoms with van der Waals surface area (Å²) in [4.78, 5) is 17.5. The molecule has 0 aromatic carbocycles. The molecule has 0 aliphatic carbocycles. The Morgan fingerprint density at radius 3 is 2.82 bits per heavy atom. The molecule has 0 spiro atoms. The normalized spacial score (nSPS) is 18.9. The SMILES string of the molecule is Cc1cc2ncc(C#N)c(N3CC(S(N)(=O)=O)CC3=O)n2n1. The van der Waals surface area contributed by atoms with E-state index in [0.717, 1.165) is 0 Å². The van der Waals surface area contributed by atoms with E-state index in [0.29, 0.717) is 11.3 Å². The van der Waals surface area contributed by atoms with Gasteiger partial charge in [0, 0.05) is 19.0 Å². The second kappa shape index (κ2) is 4.75. The van der Waals surface area contributed by atoms with E-state index in [-0.39, 0.29) is 24.3 Å². The van der Waals surface area contributed by atoms with Gasteiger partial charge in [-0.1, -0.05) is 0 Å². The van der Waals surface area contributed by atoms with Crippen molar-refractivity contribution >= 4 is 27.4 Å². The van der Waals surface area contributed by atoms with E-state index in [1.165, 1.54) is 15.6 Å². The summed E-state index contributed by atoms with van der Waals surface area (Å²) < 4.78 is 24.3. The van der Waals surface area contributed by atoms with Crippen LogP contribution in [0.4, 0.5) is 5.82 Å². The van der Waals surface area contributed by atoms with Gasteiger partial charge in [-0.05, 0) is 6.92 Å². The lowest BCUT2D eigenvalue weighted by Gasteiger charge is -2.18. The van der Waals surface area contributed by atoms with Gasteiger partial charge in [-0.15, -0.1) is 0 Å². The standard InChI is InChI=1S/C12H12N6O3S/c1-7-2-10-15-5-8(4-13)12(18(10)16-7)17-6-9(3-11(17)19)22(14,20)21/h2,5,9H,3,6H2,1H3,(H2,14,20,21). The van der Waals surface area contributed by atoms with E-state index in [2.05, 4.69) is 10.1 Å². The van der Waals surface area contributed by atoms with Crippen LogP contribution in [-0.2, 0) is 14.8 Å². The Kier molecular flexibility index (Phi) is 3.12. The van der Waals surface area contributed by atoms with E-state index in [1.807, 2.05) is 6.07 Å². The molecule has 2 aromatic heterocycles. The van der Waals surface area contributed by atoms with Crippen molar-refractivity contribution in [2.45, 2.75) is 18.6 Å². The van der Waals surface area contributed by atoms with Crippen LogP contribution in [0.1, 0.15) is 17.7 Å². The van der Waals surface area contributed by atoms with Gasteiger partial charge in [-0.2, -0.15) is 14.9 Å². The van der Waals surface area contributed by atoms with Gasteiger partial charge in [0.25, 0.3) is 0 Å². The van der Waals surface area contributed by atoms with Crippen LogP contribution in [0.2, 0.25) is 0 Å². The topological polar surface area (TPSA) is 134 Å². The van der Waals surface area contributed by atoms with Crippen molar-refractivity contribution in [2.75, 3.05) is 11.4 Å². The van der Waals surface area contributed by atoms with Crippen molar-refractivity contribution in [1.29, 1.82) is 5.26 Å². The molecule has 10 heteroatoms. The highest BCUT2D eigenvalue weighted by Crippen LogP contribution is 2.27. The molecule has 2 aromatic rings. The number of carbonyl (C=O) groups excluding carboxylic acids is 1. The van der Waals surface area contributed by atoms with Crippen molar-refractivity contribution < 1.29 is 13.2 Å². The van der Waals surface area contributed by atoms with Gasteiger partial charge in [0.05, 0.1) is 11.9 Å². The Bertz CT molecular complexity index is 926. The molecule has 1 unspecified atom stereocenters. The number of rotatable bonds is 2. The second-order valence-corrected chi connectivity index (χ2v) is 6.93. The van der Waals surface area contributed by atoms with Gasteiger partial charge in [0.15, 0.2) is 11.5 Å². The smallest absolute Gasteiger partial charge is 0.229 e. The van der Waals surface area contributed by atoms with Gasteiger partial charge in [0.1, 0.15) is 16.9 Å². The van der Waals surface area contributed by atoms with Gasteiger partial charge in [-0.25, -0.2) is 18.5 Å². The molecule has 22 heavy (non-hydrogen) atoms. The molecule has 114 valence electrons. The zero-order chi connectivity index (χ0) is 16.1. The third-order valence-corrected chi connectivity index (χ3v) is 4.76. The number of hydrogen-bond donors (Lipinski definition) is 1. The van der Waals surface area contributed by atoms with Crippen molar-refractivity contribution in [1.82, 2.24) is 14.6 Å². The van der Waals surface area contributed by atoms with Crippen LogP contribution in [0.15, 0.2) is 12.3 Å². The number of primary sulfonamides is 1. The monoisotopic (exact) mass is 320 g/mol. The Balaban J connectivity index is 2.18. The number of hydrogen-bond acceptors (Lipinski definition) is 6. The fourth-order valence-electron chi connectivity index (χ4n) is 2.47. The number of amides is 1. The van der Waals surface area contributed by atoms with Gasteiger partial charge >= 0.3 is 0 Å². The number of aromatic nitrogens is 3. The Labute approximate surface area is 126 Å². The summed E-state index contributed by atoms with van der Waals surface area (Å²) in [6.45, 7) is 1.65. The zero-order valence-corrected chi connectivity index (χ0v) is 12.4. The average molecular weight is 320 g/mol. The Morgan fingerprint density at radius 2 is 2.23 bits per heavy atom. The van der Waals surface area contributed by atoms with E-state index in [1.54, 1.807) is 13.0 Å². The van der Waals surface area contributed by atoms with Gasteiger partial charge < -0.3 is 0 Å². The molecule has 0 bridgehead atoms. The molecule has 1 aliphatic rings. The Hall–Kier alpha value is -2.51. The molecule has 1 atom stereocenters. The van der Waals surface area contributed by atoms with E-state index < -0.39 is 21.2 Å². The number of aryl methyl sites for hydroxylation is 1. The maximum absolute atomic E-state index is 12.2. The summed E-state index contributed by atoms with van der Waals surface area (Å²) in [5.41, 5.74) is 1.27. The van der Waals surface area contributed by atoms with Crippen LogP contribution in [0.3, 0.4) is 0 Å². The summed E-state index contributed by atoms with van der Waals surface area (Å²) in [5, 5.41) is 17.6. The van der Waals surface area contributed by atoms with E-state index >= 15 is 0 Å². The molecule has 1 fully saturated rings. The number of anilines is 1. The molecule has 3 heterocycles.